The highest BCUT2D eigenvalue weighted by Gasteiger charge is 2.21. The van der Waals surface area contributed by atoms with E-state index in [2.05, 4.69) is 11.1 Å². The molecule has 0 saturated carbocycles. The fourth-order valence-electron chi connectivity index (χ4n) is 3.90. The molecule has 2 N–H and O–H groups in total. The van der Waals surface area contributed by atoms with E-state index in [1.807, 2.05) is 41.9 Å². The van der Waals surface area contributed by atoms with Crippen LogP contribution in [0, 0.1) is 11.3 Å². The van der Waals surface area contributed by atoms with Crippen LogP contribution in [0.1, 0.15) is 33.7 Å². The number of hydrogen-bond donors (Lipinski definition) is 2. The Morgan fingerprint density at radius 3 is 2.29 bits per heavy atom. The van der Waals surface area contributed by atoms with E-state index in [0.29, 0.717) is 16.9 Å². The van der Waals surface area contributed by atoms with Crippen LogP contribution >= 0.6 is 0 Å². The number of carbonyl (C=O) groups is 4. The van der Waals surface area contributed by atoms with Gasteiger partial charge in [-0.25, -0.2) is 19.6 Å². The molecule has 210 valence electrons. The van der Waals surface area contributed by atoms with Gasteiger partial charge >= 0.3 is 17.9 Å². The summed E-state index contributed by atoms with van der Waals surface area (Å²) >= 11 is 0. The van der Waals surface area contributed by atoms with Crippen LogP contribution in [0.4, 0.5) is 5.82 Å². The van der Waals surface area contributed by atoms with Gasteiger partial charge in [0.2, 0.25) is 0 Å². The van der Waals surface area contributed by atoms with E-state index in [1.165, 1.54) is 12.0 Å². The van der Waals surface area contributed by atoms with Crippen molar-refractivity contribution in [1.29, 1.82) is 5.26 Å². The standard InChI is InChI=1S/C27H25N5O3.C2H2O4/c1-31-23-12-11-21(27(34)32(16-14-26(33)35-2)24-5-3-4-15-29-24)17-22(23)30-25(31)13-10-19-6-8-20(18-28)9-7-19;3-1(4)2(5)6/h3-9,11-12,15,17H,10,13-14,16H2,1-2H3;(H,3,4)(H,5,6). The molecular weight excluding hydrogens is 530 g/mol. The van der Waals surface area contributed by atoms with E-state index in [4.69, 9.17) is 34.8 Å². The molecule has 4 aromatic rings. The summed E-state index contributed by atoms with van der Waals surface area (Å²) in [6, 6.07) is 20.4. The molecule has 0 aliphatic carbocycles. The largest absolute Gasteiger partial charge is 0.473 e. The van der Waals surface area contributed by atoms with Gasteiger partial charge in [0.05, 0.1) is 36.2 Å². The van der Waals surface area contributed by atoms with Crippen molar-refractivity contribution >= 4 is 40.7 Å². The summed E-state index contributed by atoms with van der Waals surface area (Å²) in [4.78, 5) is 53.9. The van der Waals surface area contributed by atoms with Gasteiger partial charge in [-0.1, -0.05) is 18.2 Å². The van der Waals surface area contributed by atoms with Crippen molar-refractivity contribution in [3.05, 3.63) is 89.4 Å². The average Bonchev–Trinajstić information content (AvgIpc) is 3.31. The Morgan fingerprint density at radius 1 is 1.00 bits per heavy atom. The third kappa shape index (κ3) is 7.96. The van der Waals surface area contributed by atoms with Crippen LogP contribution in [0.2, 0.25) is 0 Å². The van der Waals surface area contributed by atoms with Crippen LogP contribution in [-0.4, -0.2) is 62.2 Å². The highest BCUT2D eigenvalue weighted by molar-refractivity contribution is 6.27. The number of fused-ring (bicyclic) bond motifs is 1. The second-order valence-corrected chi connectivity index (χ2v) is 8.68. The fourth-order valence-corrected chi connectivity index (χ4v) is 3.90. The Hall–Kier alpha value is -5.57. The number of carbonyl (C=O) groups excluding carboxylic acids is 2. The number of benzene rings is 2. The van der Waals surface area contributed by atoms with Gasteiger partial charge in [-0.3, -0.25) is 14.5 Å². The Labute approximate surface area is 235 Å². The third-order valence-corrected chi connectivity index (χ3v) is 6.06. The number of nitrogens with zero attached hydrogens (tertiary/aromatic N) is 5. The molecule has 2 aromatic heterocycles. The summed E-state index contributed by atoms with van der Waals surface area (Å²) in [6.07, 6.45) is 3.18. The van der Waals surface area contributed by atoms with Crippen LogP contribution in [0.25, 0.3) is 11.0 Å². The number of aryl methyl sites for hydroxylation is 3. The van der Waals surface area contributed by atoms with Gasteiger partial charge in [-0.05, 0) is 54.4 Å². The number of nitriles is 1. The molecule has 0 atom stereocenters. The molecule has 0 bridgehead atoms. The minimum absolute atomic E-state index is 0.0597. The number of aromatic nitrogens is 3. The molecule has 2 aromatic carbocycles. The SMILES string of the molecule is COC(=O)CCN(C(=O)c1ccc2c(c1)nc(CCc1ccc(C#N)cc1)n2C)c1ccccn1.O=C(O)C(=O)O. The fraction of sp³-hybridized carbons (Fsp3) is 0.207. The lowest BCUT2D eigenvalue weighted by Crippen LogP contribution is -2.33. The van der Waals surface area contributed by atoms with Gasteiger partial charge in [0, 0.05) is 31.8 Å². The van der Waals surface area contributed by atoms with Crippen molar-refractivity contribution in [2.75, 3.05) is 18.6 Å². The van der Waals surface area contributed by atoms with Gasteiger partial charge in [0.15, 0.2) is 0 Å². The molecule has 0 radical (unpaired) electrons. The maximum atomic E-state index is 13.4. The van der Waals surface area contributed by atoms with E-state index >= 15 is 0 Å². The van der Waals surface area contributed by atoms with Gasteiger partial charge in [-0.15, -0.1) is 0 Å². The Kier molecular flexibility index (Phi) is 10.2. The summed E-state index contributed by atoms with van der Waals surface area (Å²) in [5.41, 5.74) is 3.88. The molecule has 0 saturated heterocycles. The lowest BCUT2D eigenvalue weighted by atomic mass is 10.1. The van der Waals surface area contributed by atoms with Gasteiger partial charge in [-0.2, -0.15) is 5.26 Å². The maximum Gasteiger partial charge on any atom is 0.414 e. The summed E-state index contributed by atoms with van der Waals surface area (Å²) in [6.45, 7) is 0.151. The number of anilines is 1. The van der Waals surface area contributed by atoms with Gasteiger partial charge in [0.25, 0.3) is 5.91 Å². The molecule has 0 aliphatic rings. The highest BCUT2D eigenvalue weighted by Crippen LogP contribution is 2.21. The van der Waals surface area contributed by atoms with Crippen molar-refractivity contribution in [3.63, 3.8) is 0 Å². The number of amides is 1. The Balaban J connectivity index is 0.000000696. The molecule has 12 heteroatoms. The van der Waals surface area contributed by atoms with Crippen LogP contribution in [0.5, 0.6) is 0 Å². The highest BCUT2D eigenvalue weighted by atomic mass is 16.5. The predicted molar refractivity (Wildman–Crippen MR) is 147 cm³/mol. The molecule has 2 heterocycles. The van der Waals surface area contributed by atoms with Crippen LogP contribution in [0.3, 0.4) is 0 Å². The summed E-state index contributed by atoms with van der Waals surface area (Å²) in [5, 5.41) is 23.7. The normalized spacial score (nSPS) is 10.2. The number of methoxy groups -OCH3 is 1. The zero-order chi connectivity index (χ0) is 29.9. The Morgan fingerprint density at radius 2 is 1.71 bits per heavy atom. The van der Waals surface area contributed by atoms with Crippen LogP contribution in [0.15, 0.2) is 66.9 Å². The summed E-state index contributed by atoms with van der Waals surface area (Å²) < 4.78 is 6.77. The van der Waals surface area contributed by atoms with Crippen LogP contribution in [-0.2, 0) is 39.0 Å². The smallest absolute Gasteiger partial charge is 0.414 e. The first kappa shape index (κ1) is 30.0. The molecular formula is C29H27N5O7. The number of imidazole rings is 1. The van der Waals surface area contributed by atoms with Gasteiger partial charge in [0.1, 0.15) is 11.6 Å². The number of carboxylic acids is 2. The van der Waals surface area contributed by atoms with E-state index < -0.39 is 17.9 Å². The summed E-state index contributed by atoms with van der Waals surface area (Å²) in [5.74, 6) is -2.94. The van der Waals surface area contributed by atoms with E-state index in [9.17, 15) is 9.59 Å². The Bertz CT molecular complexity index is 1580. The minimum Gasteiger partial charge on any atom is -0.473 e. The van der Waals surface area contributed by atoms with Crippen molar-refractivity contribution in [1.82, 2.24) is 14.5 Å². The zero-order valence-electron chi connectivity index (χ0n) is 22.4. The molecule has 4 rings (SSSR count). The quantitative estimate of drug-likeness (QED) is 0.242. The number of rotatable bonds is 8. The second-order valence-electron chi connectivity index (χ2n) is 8.68. The second kappa shape index (κ2) is 14.0. The number of aliphatic carboxylic acids is 2. The topological polar surface area (TPSA) is 176 Å². The van der Waals surface area contributed by atoms with Crippen molar-refractivity contribution in [3.8, 4) is 6.07 Å². The molecule has 0 unspecified atom stereocenters. The first-order chi connectivity index (χ1) is 19.6. The van der Waals surface area contributed by atoms with E-state index in [1.54, 1.807) is 36.5 Å². The number of ether oxygens (including phenoxy) is 1. The number of esters is 1. The average molecular weight is 558 g/mol. The summed E-state index contributed by atoms with van der Waals surface area (Å²) in [7, 11) is 3.28. The number of pyridine rings is 1. The number of carboxylic acid groups (broad SMARTS) is 2. The zero-order valence-corrected chi connectivity index (χ0v) is 22.4. The maximum absolute atomic E-state index is 13.4. The van der Waals surface area contributed by atoms with Gasteiger partial charge < -0.3 is 19.5 Å². The first-order valence-corrected chi connectivity index (χ1v) is 12.3. The number of hydrogen-bond acceptors (Lipinski definition) is 8. The molecule has 41 heavy (non-hydrogen) atoms. The molecule has 0 aliphatic heterocycles. The van der Waals surface area contributed by atoms with Crippen molar-refractivity contribution < 1.29 is 34.1 Å². The molecule has 12 nitrogen and oxygen atoms in total. The minimum atomic E-state index is -1.82. The van der Waals surface area contributed by atoms with E-state index in [0.717, 1.165) is 35.3 Å². The van der Waals surface area contributed by atoms with Crippen molar-refractivity contribution in [2.24, 2.45) is 7.05 Å². The molecule has 0 fully saturated rings. The van der Waals surface area contributed by atoms with E-state index in [-0.39, 0.29) is 18.9 Å². The lowest BCUT2D eigenvalue weighted by Gasteiger charge is -2.21. The lowest BCUT2D eigenvalue weighted by molar-refractivity contribution is -0.159. The molecule has 0 spiro atoms. The predicted octanol–water partition coefficient (Wildman–Crippen LogP) is 2.99. The van der Waals surface area contributed by atoms with Crippen LogP contribution < -0.4 is 4.90 Å². The monoisotopic (exact) mass is 557 g/mol. The third-order valence-electron chi connectivity index (χ3n) is 6.06. The first-order valence-electron chi connectivity index (χ1n) is 12.3. The van der Waals surface area contributed by atoms with Crippen molar-refractivity contribution in [2.45, 2.75) is 19.3 Å². The molecule has 1 amide bonds.